The molecule has 0 unspecified atom stereocenters. The molecule has 2 heterocycles. The summed E-state index contributed by atoms with van der Waals surface area (Å²) in [6, 6.07) is 18.7. The number of thiazole rings is 1. The average molecular weight is 407 g/mol. The quantitative estimate of drug-likeness (QED) is 0.566. The highest BCUT2D eigenvalue weighted by Crippen LogP contribution is 2.27. The molecule has 5 heteroatoms. The van der Waals surface area contributed by atoms with E-state index in [4.69, 9.17) is 4.74 Å². The van der Waals surface area contributed by atoms with Gasteiger partial charge in [-0.1, -0.05) is 48.0 Å². The van der Waals surface area contributed by atoms with Gasteiger partial charge in [-0.25, -0.2) is 4.98 Å². The second-order valence-corrected chi connectivity index (χ2v) is 8.69. The molecule has 1 saturated heterocycles. The molecular weight excluding hydrogens is 380 g/mol. The standard InChI is InChI=1S/C24H26N2O2S/c1-17-10-12-21(13-11-17)28-16-22-25-18(2)23(29-22)24(27)26-14-6-9-20(26)15-19-7-4-3-5-8-19/h3-5,7-8,10-13,20H,6,9,14-16H2,1-2H3/t20-/m1/s1. The van der Waals surface area contributed by atoms with Crippen molar-refractivity contribution in [2.24, 2.45) is 0 Å². The number of amides is 1. The zero-order chi connectivity index (χ0) is 20.2. The molecule has 4 nitrogen and oxygen atoms in total. The van der Waals surface area contributed by atoms with Crippen LogP contribution in [0.3, 0.4) is 0 Å². The maximum atomic E-state index is 13.2. The van der Waals surface area contributed by atoms with Gasteiger partial charge in [0.15, 0.2) is 0 Å². The van der Waals surface area contributed by atoms with Crippen molar-refractivity contribution in [2.75, 3.05) is 6.54 Å². The monoisotopic (exact) mass is 406 g/mol. The van der Waals surface area contributed by atoms with Crippen LogP contribution in [0.25, 0.3) is 0 Å². The molecular formula is C24H26N2O2S. The molecule has 0 bridgehead atoms. The van der Waals surface area contributed by atoms with Crippen LogP contribution in [0.5, 0.6) is 5.75 Å². The normalized spacial score (nSPS) is 16.2. The van der Waals surface area contributed by atoms with Gasteiger partial charge in [-0.05, 0) is 50.8 Å². The van der Waals surface area contributed by atoms with Crippen LogP contribution in [0.15, 0.2) is 54.6 Å². The van der Waals surface area contributed by atoms with Crippen molar-refractivity contribution in [3.8, 4) is 5.75 Å². The van der Waals surface area contributed by atoms with Gasteiger partial charge in [0.05, 0.1) is 5.69 Å². The second kappa shape index (κ2) is 8.78. The maximum absolute atomic E-state index is 13.2. The molecule has 0 N–H and O–H groups in total. The molecule has 1 aromatic heterocycles. The second-order valence-electron chi connectivity index (χ2n) is 7.61. The Morgan fingerprint density at radius 1 is 1.14 bits per heavy atom. The molecule has 1 fully saturated rings. The van der Waals surface area contributed by atoms with Gasteiger partial charge in [-0.3, -0.25) is 4.79 Å². The Balaban J connectivity index is 1.43. The minimum Gasteiger partial charge on any atom is -0.486 e. The van der Waals surface area contributed by atoms with E-state index in [2.05, 4.69) is 36.2 Å². The highest BCUT2D eigenvalue weighted by molar-refractivity contribution is 7.13. The van der Waals surface area contributed by atoms with Gasteiger partial charge >= 0.3 is 0 Å². The third-order valence-corrected chi connectivity index (χ3v) is 6.49. The van der Waals surface area contributed by atoms with Gasteiger partial charge in [0.1, 0.15) is 22.2 Å². The first kappa shape index (κ1) is 19.6. The lowest BCUT2D eigenvalue weighted by Gasteiger charge is -2.24. The zero-order valence-corrected chi connectivity index (χ0v) is 17.7. The number of hydrogen-bond donors (Lipinski definition) is 0. The zero-order valence-electron chi connectivity index (χ0n) is 16.9. The Morgan fingerprint density at radius 2 is 1.90 bits per heavy atom. The minimum absolute atomic E-state index is 0.111. The Kier molecular flexibility index (Phi) is 5.95. The summed E-state index contributed by atoms with van der Waals surface area (Å²) in [5, 5.41) is 0.838. The summed E-state index contributed by atoms with van der Waals surface area (Å²) in [6.07, 6.45) is 3.03. The van der Waals surface area contributed by atoms with Gasteiger partial charge in [0.25, 0.3) is 5.91 Å². The first-order valence-corrected chi connectivity index (χ1v) is 10.9. The van der Waals surface area contributed by atoms with Crippen LogP contribution < -0.4 is 4.74 Å². The molecule has 150 valence electrons. The third-order valence-electron chi connectivity index (χ3n) is 5.37. The van der Waals surface area contributed by atoms with E-state index in [1.54, 1.807) is 0 Å². The predicted octanol–water partition coefficient (Wildman–Crippen LogP) is 5.19. The van der Waals surface area contributed by atoms with Gasteiger partial charge in [0.2, 0.25) is 0 Å². The number of rotatable bonds is 6. The van der Waals surface area contributed by atoms with Crippen molar-refractivity contribution < 1.29 is 9.53 Å². The number of likely N-dealkylation sites (tertiary alicyclic amines) is 1. The van der Waals surface area contributed by atoms with E-state index in [-0.39, 0.29) is 11.9 Å². The molecule has 0 spiro atoms. The van der Waals surface area contributed by atoms with E-state index >= 15 is 0 Å². The molecule has 2 aromatic carbocycles. The van der Waals surface area contributed by atoms with E-state index < -0.39 is 0 Å². The Bertz CT molecular complexity index is 966. The molecule has 4 rings (SSSR count). The van der Waals surface area contributed by atoms with Crippen LogP contribution in [-0.2, 0) is 13.0 Å². The number of hydrogen-bond acceptors (Lipinski definition) is 4. The number of benzene rings is 2. The predicted molar refractivity (Wildman–Crippen MR) is 117 cm³/mol. The van der Waals surface area contributed by atoms with Gasteiger partial charge in [0, 0.05) is 12.6 Å². The van der Waals surface area contributed by atoms with Crippen molar-refractivity contribution in [3.05, 3.63) is 81.3 Å². The number of nitrogens with zero attached hydrogens (tertiary/aromatic N) is 2. The number of aromatic nitrogens is 1. The fraction of sp³-hybridized carbons (Fsp3) is 0.333. The van der Waals surface area contributed by atoms with Crippen molar-refractivity contribution in [1.29, 1.82) is 0 Å². The fourth-order valence-electron chi connectivity index (χ4n) is 3.82. The summed E-state index contributed by atoms with van der Waals surface area (Å²) >= 11 is 1.46. The topological polar surface area (TPSA) is 42.4 Å². The fourth-order valence-corrected chi connectivity index (χ4v) is 4.76. The van der Waals surface area contributed by atoms with E-state index in [1.165, 1.54) is 22.5 Å². The molecule has 0 radical (unpaired) electrons. The van der Waals surface area contributed by atoms with Crippen molar-refractivity contribution in [3.63, 3.8) is 0 Å². The summed E-state index contributed by atoms with van der Waals surface area (Å²) < 4.78 is 5.84. The lowest BCUT2D eigenvalue weighted by atomic mass is 10.0. The Labute approximate surface area is 176 Å². The third kappa shape index (κ3) is 4.67. The summed E-state index contributed by atoms with van der Waals surface area (Å²) in [5.74, 6) is 0.929. The van der Waals surface area contributed by atoms with Crippen LogP contribution in [0.1, 0.15) is 44.3 Å². The number of carbonyl (C=O) groups excluding carboxylic acids is 1. The van der Waals surface area contributed by atoms with E-state index in [9.17, 15) is 4.79 Å². The molecule has 1 aliphatic rings. The van der Waals surface area contributed by atoms with Gasteiger partial charge in [-0.2, -0.15) is 0 Å². The van der Waals surface area contributed by atoms with Crippen molar-refractivity contribution in [1.82, 2.24) is 9.88 Å². The number of ether oxygens (including phenoxy) is 1. The number of carbonyl (C=O) groups is 1. The number of aryl methyl sites for hydroxylation is 2. The van der Waals surface area contributed by atoms with Crippen LogP contribution in [0.4, 0.5) is 0 Å². The minimum atomic E-state index is 0.111. The highest BCUT2D eigenvalue weighted by atomic mass is 32.1. The lowest BCUT2D eigenvalue weighted by molar-refractivity contribution is 0.0740. The molecule has 29 heavy (non-hydrogen) atoms. The Hall–Kier alpha value is -2.66. The molecule has 0 aliphatic carbocycles. The van der Waals surface area contributed by atoms with E-state index in [0.717, 1.165) is 47.1 Å². The van der Waals surface area contributed by atoms with Crippen LogP contribution >= 0.6 is 11.3 Å². The Morgan fingerprint density at radius 3 is 2.66 bits per heavy atom. The van der Waals surface area contributed by atoms with Gasteiger partial charge in [-0.15, -0.1) is 11.3 Å². The molecule has 0 saturated carbocycles. The summed E-state index contributed by atoms with van der Waals surface area (Å²) in [7, 11) is 0. The van der Waals surface area contributed by atoms with Crippen LogP contribution in [-0.4, -0.2) is 28.4 Å². The van der Waals surface area contributed by atoms with E-state index in [1.807, 2.05) is 42.2 Å². The maximum Gasteiger partial charge on any atom is 0.266 e. The molecule has 1 amide bonds. The molecule has 3 aromatic rings. The molecule has 1 aliphatic heterocycles. The first-order valence-electron chi connectivity index (χ1n) is 10.1. The average Bonchev–Trinajstić information content (AvgIpc) is 3.34. The van der Waals surface area contributed by atoms with Crippen LogP contribution in [0, 0.1) is 13.8 Å². The van der Waals surface area contributed by atoms with E-state index in [0.29, 0.717) is 6.61 Å². The molecule has 1 atom stereocenters. The summed E-state index contributed by atoms with van der Waals surface area (Å²) in [6.45, 7) is 5.18. The summed E-state index contributed by atoms with van der Waals surface area (Å²) in [4.78, 5) is 20.6. The summed E-state index contributed by atoms with van der Waals surface area (Å²) in [5.41, 5.74) is 3.28. The lowest BCUT2D eigenvalue weighted by Crippen LogP contribution is -2.36. The SMILES string of the molecule is Cc1ccc(OCc2nc(C)c(C(=O)N3CCC[C@@H]3Cc3ccccc3)s2)cc1. The van der Waals surface area contributed by atoms with Gasteiger partial charge < -0.3 is 9.64 Å². The largest absolute Gasteiger partial charge is 0.486 e. The smallest absolute Gasteiger partial charge is 0.266 e. The van der Waals surface area contributed by atoms with Crippen LogP contribution in [0.2, 0.25) is 0 Å². The first-order chi connectivity index (χ1) is 14.1. The highest BCUT2D eigenvalue weighted by Gasteiger charge is 2.31. The van der Waals surface area contributed by atoms with Crippen molar-refractivity contribution >= 4 is 17.2 Å². The van der Waals surface area contributed by atoms with Crippen molar-refractivity contribution in [2.45, 2.75) is 45.8 Å².